The summed E-state index contributed by atoms with van der Waals surface area (Å²) in [4.78, 5) is 23.0. The summed E-state index contributed by atoms with van der Waals surface area (Å²) in [6, 6.07) is 1.97. The van der Waals surface area contributed by atoms with Gasteiger partial charge < -0.3 is 19.6 Å². The number of hydrogen-bond donors (Lipinski definition) is 1. The monoisotopic (exact) mass is 477 g/mol. The van der Waals surface area contributed by atoms with Gasteiger partial charge in [0.25, 0.3) is 5.91 Å². The van der Waals surface area contributed by atoms with E-state index in [1.165, 1.54) is 12.0 Å². The van der Waals surface area contributed by atoms with Crippen LogP contribution < -0.4 is 4.90 Å². The maximum atomic E-state index is 13.9. The molecule has 2 saturated heterocycles. The van der Waals surface area contributed by atoms with Crippen LogP contribution in [0.3, 0.4) is 0 Å². The van der Waals surface area contributed by atoms with Crippen molar-refractivity contribution < 1.29 is 14.6 Å². The summed E-state index contributed by atoms with van der Waals surface area (Å²) < 4.78 is 7.54. The van der Waals surface area contributed by atoms with Gasteiger partial charge in [0.1, 0.15) is 11.6 Å². The van der Waals surface area contributed by atoms with Crippen LogP contribution in [0.5, 0.6) is 0 Å². The number of allylic oxidation sites excluding steroid dienone is 2. The third kappa shape index (κ3) is 4.01. The molecule has 35 heavy (non-hydrogen) atoms. The first-order chi connectivity index (χ1) is 17.0. The van der Waals surface area contributed by atoms with E-state index in [9.17, 15) is 9.90 Å². The van der Waals surface area contributed by atoms with Gasteiger partial charge in [0.2, 0.25) is 0 Å². The average molecular weight is 478 g/mol. The van der Waals surface area contributed by atoms with Crippen LogP contribution in [0.15, 0.2) is 35.2 Å². The lowest BCUT2D eigenvalue weighted by molar-refractivity contribution is -0.131. The molecule has 3 atom stereocenters. The summed E-state index contributed by atoms with van der Waals surface area (Å²) >= 11 is 0. The summed E-state index contributed by atoms with van der Waals surface area (Å²) in [5, 5.41) is 14.9. The molecule has 2 aromatic heterocycles. The van der Waals surface area contributed by atoms with Crippen LogP contribution in [-0.2, 0) is 9.53 Å². The molecule has 8 heteroatoms. The van der Waals surface area contributed by atoms with Gasteiger partial charge in [-0.2, -0.15) is 5.10 Å². The van der Waals surface area contributed by atoms with Gasteiger partial charge in [-0.3, -0.25) is 4.79 Å². The van der Waals surface area contributed by atoms with Gasteiger partial charge >= 0.3 is 0 Å². The lowest BCUT2D eigenvalue weighted by Gasteiger charge is -2.36. The highest BCUT2D eigenvalue weighted by atomic mass is 16.5. The minimum absolute atomic E-state index is 0.0603. The Morgan fingerprint density at radius 3 is 2.86 bits per heavy atom. The van der Waals surface area contributed by atoms with Crippen LogP contribution in [0.2, 0.25) is 0 Å². The summed E-state index contributed by atoms with van der Waals surface area (Å²) in [6.45, 7) is 4.20. The number of anilines is 1. The van der Waals surface area contributed by atoms with Gasteiger partial charge in [0.05, 0.1) is 30.5 Å². The van der Waals surface area contributed by atoms with Gasteiger partial charge in [-0.1, -0.05) is 5.57 Å². The van der Waals surface area contributed by atoms with Gasteiger partial charge in [-0.15, -0.1) is 0 Å². The minimum atomic E-state index is -0.295. The predicted octanol–water partition coefficient (Wildman–Crippen LogP) is 3.69. The third-order valence-electron chi connectivity index (χ3n) is 8.28. The molecule has 6 rings (SSSR count). The number of aromatic nitrogens is 3. The van der Waals surface area contributed by atoms with Gasteiger partial charge in [0, 0.05) is 37.5 Å². The number of carbonyl (C=O) groups is 1. The number of piperidine rings is 1. The van der Waals surface area contributed by atoms with Gasteiger partial charge in [0.15, 0.2) is 5.65 Å². The quantitative estimate of drug-likeness (QED) is 0.723. The maximum absolute atomic E-state index is 13.9. The summed E-state index contributed by atoms with van der Waals surface area (Å²) in [6.07, 6.45) is 11.9. The van der Waals surface area contributed by atoms with E-state index in [0.717, 1.165) is 92.1 Å². The van der Waals surface area contributed by atoms with Crippen molar-refractivity contribution >= 4 is 17.4 Å². The number of β-amino-alcohol motifs (C(OH)–C–C–N with tert-alkyl or cyclic N) is 1. The zero-order valence-corrected chi connectivity index (χ0v) is 20.7. The maximum Gasteiger partial charge on any atom is 0.254 e. The first kappa shape index (κ1) is 22.6. The van der Waals surface area contributed by atoms with Crippen LogP contribution in [0.4, 0.5) is 5.82 Å². The van der Waals surface area contributed by atoms with E-state index in [4.69, 9.17) is 14.8 Å². The molecular formula is C27H35N5O3. The Hall–Kier alpha value is -2.87. The molecule has 1 unspecified atom stereocenters. The van der Waals surface area contributed by atoms with Crippen molar-refractivity contribution in [3.8, 4) is 0 Å². The molecule has 0 radical (unpaired) electrons. The van der Waals surface area contributed by atoms with E-state index >= 15 is 0 Å². The number of ether oxygens (including phenoxy) is 1. The fourth-order valence-electron chi connectivity index (χ4n) is 6.43. The fraction of sp³-hybridized carbons (Fsp3) is 0.593. The zero-order valence-electron chi connectivity index (χ0n) is 20.7. The molecule has 1 amide bonds. The SMILES string of the molecule is COC1=C(C(=O)N2CCCC[C@H]2c2cc3nc(N4CC[C@@H](O)C4)c(C)cn3n2)CC2CCCC2=C1. The van der Waals surface area contributed by atoms with Crippen LogP contribution >= 0.6 is 0 Å². The van der Waals surface area contributed by atoms with Crippen LogP contribution in [0.1, 0.15) is 68.7 Å². The normalized spacial score (nSPS) is 26.9. The number of carbonyl (C=O) groups excluding carboxylic acids is 1. The molecule has 2 aliphatic carbocycles. The van der Waals surface area contributed by atoms with Crippen LogP contribution in [-0.4, -0.2) is 63.4 Å². The summed E-state index contributed by atoms with van der Waals surface area (Å²) in [5.41, 5.74) is 4.98. The lowest BCUT2D eigenvalue weighted by Crippen LogP contribution is -2.40. The Balaban J connectivity index is 1.31. The number of hydrogen-bond acceptors (Lipinski definition) is 6. The largest absolute Gasteiger partial charge is 0.496 e. The predicted molar refractivity (Wildman–Crippen MR) is 133 cm³/mol. The van der Waals surface area contributed by atoms with E-state index < -0.39 is 0 Å². The Morgan fingerprint density at radius 1 is 1.17 bits per heavy atom. The van der Waals surface area contributed by atoms with Crippen molar-refractivity contribution in [1.29, 1.82) is 0 Å². The van der Waals surface area contributed by atoms with Crippen molar-refractivity contribution in [2.24, 2.45) is 5.92 Å². The Bertz CT molecular complexity index is 1210. The Labute approximate surface area is 206 Å². The van der Waals surface area contributed by atoms with Crippen molar-refractivity contribution in [1.82, 2.24) is 19.5 Å². The number of aryl methyl sites for hydroxylation is 1. The van der Waals surface area contributed by atoms with E-state index in [-0.39, 0.29) is 18.1 Å². The first-order valence-electron chi connectivity index (χ1n) is 13.1. The van der Waals surface area contributed by atoms with Crippen molar-refractivity contribution in [2.75, 3.05) is 31.6 Å². The van der Waals surface area contributed by atoms with Crippen molar-refractivity contribution in [3.63, 3.8) is 0 Å². The third-order valence-corrected chi connectivity index (χ3v) is 8.28. The van der Waals surface area contributed by atoms with Gasteiger partial charge in [-0.05, 0) is 70.3 Å². The molecular weight excluding hydrogens is 442 g/mol. The number of aliphatic hydroxyl groups excluding tert-OH is 1. The van der Waals surface area contributed by atoms with E-state index in [0.29, 0.717) is 12.5 Å². The van der Waals surface area contributed by atoms with Crippen molar-refractivity contribution in [2.45, 2.75) is 70.4 Å². The molecule has 2 aromatic rings. The molecule has 186 valence electrons. The van der Waals surface area contributed by atoms with E-state index in [2.05, 4.69) is 11.0 Å². The standard InChI is InChI=1S/C27H35N5O3/c1-17-15-32-25(28-26(17)30-11-9-20(33)16-30)14-22(29-32)23-8-3-4-10-31(23)27(34)21-12-18-6-5-7-19(18)13-24(21)35-2/h13-15,18,20,23,33H,3-12,16H2,1-2H3/t18?,20-,23+/m1/s1. The van der Waals surface area contributed by atoms with E-state index in [1.807, 2.05) is 28.6 Å². The highest BCUT2D eigenvalue weighted by molar-refractivity contribution is 5.95. The summed E-state index contributed by atoms with van der Waals surface area (Å²) in [5.74, 6) is 2.24. The number of amides is 1. The number of methoxy groups -OCH3 is 1. The number of fused-ring (bicyclic) bond motifs is 2. The number of aliphatic hydroxyl groups is 1. The first-order valence-corrected chi connectivity index (χ1v) is 13.1. The fourth-order valence-corrected chi connectivity index (χ4v) is 6.43. The molecule has 2 aliphatic heterocycles. The number of likely N-dealkylation sites (tertiary alicyclic amines) is 1. The number of nitrogens with zero attached hydrogens (tertiary/aromatic N) is 5. The highest BCUT2D eigenvalue weighted by Gasteiger charge is 2.37. The molecule has 1 saturated carbocycles. The minimum Gasteiger partial charge on any atom is -0.496 e. The van der Waals surface area contributed by atoms with Crippen LogP contribution in [0, 0.1) is 12.8 Å². The molecule has 1 N–H and O–H groups in total. The second-order valence-electron chi connectivity index (χ2n) is 10.6. The zero-order chi connectivity index (χ0) is 24.1. The second-order valence-corrected chi connectivity index (χ2v) is 10.6. The molecule has 4 heterocycles. The second kappa shape index (κ2) is 8.97. The molecule has 3 fully saturated rings. The molecule has 0 aromatic carbocycles. The Morgan fingerprint density at radius 2 is 2.06 bits per heavy atom. The van der Waals surface area contributed by atoms with Crippen molar-refractivity contribution in [3.05, 3.63) is 46.5 Å². The van der Waals surface area contributed by atoms with E-state index in [1.54, 1.807) is 7.11 Å². The van der Waals surface area contributed by atoms with Gasteiger partial charge in [-0.25, -0.2) is 9.50 Å². The Kier molecular flexibility index (Phi) is 5.79. The number of rotatable bonds is 4. The molecule has 0 bridgehead atoms. The summed E-state index contributed by atoms with van der Waals surface area (Å²) in [7, 11) is 1.68. The molecule has 0 spiro atoms. The van der Waals surface area contributed by atoms with Crippen LogP contribution in [0.25, 0.3) is 5.65 Å². The molecule has 8 nitrogen and oxygen atoms in total. The smallest absolute Gasteiger partial charge is 0.254 e. The lowest BCUT2D eigenvalue weighted by atomic mass is 9.87. The highest BCUT2D eigenvalue weighted by Crippen LogP contribution is 2.42. The molecule has 4 aliphatic rings. The topological polar surface area (TPSA) is 83.2 Å². The average Bonchev–Trinajstić information content (AvgIpc) is 3.61.